The zero-order valence-corrected chi connectivity index (χ0v) is 17.8. The third kappa shape index (κ3) is 5.84. The molecule has 2 aromatic rings. The van der Waals surface area contributed by atoms with Gasteiger partial charge in [-0.2, -0.15) is 0 Å². The fourth-order valence-electron chi connectivity index (χ4n) is 3.44. The Kier molecular flexibility index (Phi) is 7.65. The summed E-state index contributed by atoms with van der Waals surface area (Å²) < 4.78 is 25.3. The third-order valence-corrected chi connectivity index (χ3v) is 5.18. The van der Waals surface area contributed by atoms with Crippen LogP contribution in [0, 0.1) is 5.82 Å². The quantitative estimate of drug-likeness (QED) is 0.513. The Balaban J connectivity index is 1.69. The minimum absolute atomic E-state index is 0.125. The lowest BCUT2D eigenvalue weighted by atomic mass is 10.1. The number of amides is 1. The van der Waals surface area contributed by atoms with Crippen LogP contribution in [-0.4, -0.2) is 45.5 Å². The first-order valence-electron chi connectivity index (χ1n) is 10.3. The van der Waals surface area contributed by atoms with Crippen LogP contribution in [0.1, 0.15) is 35.2 Å². The minimum Gasteiger partial charge on any atom is -0.493 e. The maximum absolute atomic E-state index is 14.6. The SMILES string of the molecule is CNC(=O)COc1ccc(/C=C/C(=O)c2ccc(N3CCCCC3)c(F)c2)cc1OC. The molecule has 1 fully saturated rings. The van der Waals surface area contributed by atoms with E-state index in [0.717, 1.165) is 25.9 Å². The zero-order chi connectivity index (χ0) is 22.2. The van der Waals surface area contributed by atoms with Crippen LogP contribution >= 0.6 is 0 Å². The average molecular weight is 426 g/mol. The van der Waals surface area contributed by atoms with E-state index in [-0.39, 0.29) is 24.1 Å². The standard InChI is InChI=1S/C24H27FN2O4/c1-26-24(29)16-31-22-11-7-17(14-23(22)30-2)6-10-21(28)18-8-9-20(19(25)15-18)27-12-4-3-5-13-27/h6-11,14-15H,3-5,12-13,16H2,1-2H3,(H,26,29)/b10-6+. The van der Waals surface area contributed by atoms with Gasteiger partial charge in [0.1, 0.15) is 5.82 Å². The van der Waals surface area contributed by atoms with Crippen LogP contribution in [0.15, 0.2) is 42.5 Å². The number of rotatable bonds is 8. The summed E-state index contributed by atoms with van der Waals surface area (Å²) in [4.78, 5) is 25.9. The molecule has 1 amide bonds. The van der Waals surface area contributed by atoms with Crippen LogP contribution in [0.5, 0.6) is 11.5 Å². The topological polar surface area (TPSA) is 67.9 Å². The van der Waals surface area contributed by atoms with E-state index in [0.29, 0.717) is 28.3 Å². The molecule has 0 aromatic heterocycles. The Hall–Kier alpha value is -3.35. The van der Waals surface area contributed by atoms with Gasteiger partial charge in [0.2, 0.25) is 0 Å². The number of ketones is 1. The maximum Gasteiger partial charge on any atom is 0.257 e. The van der Waals surface area contributed by atoms with Gasteiger partial charge in [-0.3, -0.25) is 9.59 Å². The highest BCUT2D eigenvalue weighted by Gasteiger charge is 2.16. The van der Waals surface area contributed by atoms with Crippen molar-refractivity contribution in [2.45, 2.75) is 19.3 Å². The second-order valence-electron chi connectivity index (χ2n) is 7.28. The van der Waals surface area contributed by atoms with Crippen molar-refractivity contribution < 1.29 is 23.5 Å². The summed E-state index contributed by atoms with van der Waals surface area (Å²) in [5.74, 6) is -0.0565. The van der Waals surface area contributed by atoms with E-state index in [1.54, 1.807) is 36.4 Å². The molecule has 0 atom stereocenters. The van der Waals surface area contributed by atoms with Gasteiger partial charge in [-0.25, -0.2) is 4.39 Å². The van der Waals surface area contributed by atoms with Crippen molar-refractivity contribution in [3.8, 4) is 11.5 Å². The molecule has 7 heteroatoms. The van der Waals surface area contributed by atoms with E-state index < -0.39 is 0 Å². The summed E-state index contributed by atoms with van der Waals surface area (Å²) in [6.45, 7) is 1.56. The van der Waals surface area contributed by atoms with E-state index in [1.165, 1.54) is 32.7 Å². The van der Waals surface area contributed by atoms with Crippen molar-refractivity contribution in [2.75, 3.05) is 38.8 Å². The first-order chi connectivity index (χ1) is 15.0. The molecule has 0 spiro atoms. The van der Waals surface area contributed by atoms with E-state index >= 15 is 0 Å². The summed E-state index contributed by atoms with van der Waals surface area (Å²) in [5, 5.41) is 2.48. The predicted octanol–water partition coefficient (Wildman–Crippen LogP) is 3.85. The van der Waals surface area contributed by atoms with Crippen molar-refractivity contribution in [2.24, 2.45) is 0 Å². The number of halogens is 1. The molecule has 1 heterocycles. The maximum atomic E-state index is 14.6. The Labute approximate surface area is 181 Å². The molecule has 0 saturated carbocycles. The number of ether oxygens (including phenoxy) is 2. The predicted molar refractivity (Wildman–Crippen MR) is 118 cm³/mol. The monoisotopic (exact) mass is 426 g/mol. The second kappa shape index (κ2) is 10.6. The molecule has 1 N–H and O–H groups in total. The van der Waals surface area contributed by atoms with E-state index in [4.69, 9.17) is 9.47 Å². The number of nitrogens with one attached hydrogen (secondary N) is 1. The van der Waals surface area contributed by atoms with Gasteiger partial charge in [-0.1, -0.05) is 12.1 Å². The number of piperidine rings is 1. The van der Waals surface area contributed by atoms with Gasteiger partial charge in [0.25, 0.3) is 5.91 Å². The Bertz CT molecular complexity index is 968. The van der Waals surface area contributed by atoms with Crippen LogP contribution in [0.3, 0.4) is 0 Å². The molecule has 1 aliphatic rings. The molecule has 164 valence electrons. The number of methoxy groups -OCH3 is 1. The van der Waals surface area contributed by atoms with Crippen LogP contribution in [-0.2, 0) is 4.79 Å². The van der Waals surface area contributed by atoms with Crippen molar-refractivity contribution in [1.29, 1.82) is 0 Å². The Morgan fingerprint density at radius 1 is 1.10 bits per heavy atom. The number of carbonyl (C=O) groups excluding carboxylic acids is 2. The lowest BCUT2D eigenvalue weighted by Gasteiger charge is -2.29. The molecule has 3 rings (SSSR count). The highest BCUT2D eigenvalue weighted by molar-refractivity contribution is 6.07. The summed E-state index contributed by atoms with van der Waals surface area (Å²) >= 11 is 0. The molecule has 1 aliphatic heterocycles. The molecule has 0 radical (unpaired) electrons. The molecule has 2 aromatic carbocycles. The summed E-state index contributed by atoms with van der Waals surface area (Å²) in [5.41, 5.74) is 1.56. The van der Waals surface area contributed by atoms with Gasteiger partial charge >= 0.3 is 0 Å². The summed E-state index contributed by atoms with van der Waals surface area (Å²) in [6.07, 6.45) is 6.31. The van der Waals surface area contributed by atoms with E-state index in [9.17, 15) is 14.0 Å². The highest BCUT2D eigenvalue weighted by Crippen LogP contribution is 2.29. The van der Waals surface area contributed by atoms with Crippen molar-refractivity contribution in [3.05, 3.63) is 59.4 Å². The molecule has 0 aliphatic carbocycles. The zero-order valence-electron chi connectivity index (χ0n) is 17.8. The lowest BCUT2D eigenvalue weighted by Crippen LogP contribution is -2.30. The number of benzene rings is 2. The fourth-order valence-corrected chi connectivity index (χ4v) is 3.44. The third-order valence-electron chi connectivity index (χ3n) is 5.18. The lowest BCUT2D eigenvalue weighted by molar-refractivity contribution is -0.122. The van der Waals surface area contributed by atoms with E-state index in [2.05, 4.69) is 5.32 Å². The van der Waals surface area contributed by atoms with Gasteiger partial charge in [0, 0.05) is 25.7 Å². The smallest absolute Gasteiger partial charge is 0.257 e. The van der Waals surface area contributed by atoms with Crippen molar-refractivity contribution in [1.82, 2.24) is 5.32 Å². The number of anilines is 1. The van der Waals surface area contributed by atoms with Crippen molar-refractivity contribution in [3.63, 3.8) is 0 Å². The summed E-state index contributed by atoms with van der Waals surface area (Å²) in [7, 11) is 3.02. The normalized spacial score (nSPS) is 13.8. The van der Waals surface area contributed by atoms with Gasteiger partial charge in [0.05, 0.1) is 12.8 Å². The first-order valence-corrected chi connectivity index (χ1v) is 10.3. The van der Waals surface area contributed by atoms with Crippen LogP contribution in [0.2, 0.25) is 0 Å². The van der Waals surface area contributed by atoms with Crippen LogP contribution in [0.25, 0.3) is 6.08 Å². The first kappa shape index (κ1) is 22.3. The highest BCUT2D eigenvalue weighted by atomic mass is 19.1. The fraction of sp³-hybridized carbons (Fsp3) is 0.333. The van der Waals surface area contributed by atoms with Gasteiger partial charge in [0.15, 0.2) is 23.9 Å². The van der Waals surface area contributed by atoms with Crippen LogP contribution < -0.4 is 19.7 Å². The molecule has 6 nitrogen and oxygen atoms in total. The molecule has 31 heavy (non-hydrogen) atoms. The minimum atomic E-state index is -0.375. The van der Waals surface area contributed by atoms with Gasteiger partial charge in [-0.15, -0.1) is 0 Å². The molecule has 1 saturated heterocycles. The number of nitrogens with zero attached hydrogens (tertiary/aromatic N) is 1. The molecular formula is C24H27FN2O4. The number of carbonyl (C=O) groups is 2. The second-order valence-corrected chi connectivity index (χ2v) is 7.28. The van der Waals surface area contributed by atoms with E-state index in [1.807, 2.05) is 4.90 Å². The number of likely N-dealkylation sites (N-methyl/N-ethyl adjacent to an activating group) is 1. The van der Waals surface area contributed by atoms with Crippen molar-refractivity contribution >= 4 is 23.5 Å². The molecule has 0 unspecified atom stereocenters. The Morgan fingerprint density at radius 2 is 1.87 bits per heavy atom. The van der Waals surface area contributed by atoms with Gasteiger partial charge < -0.3 is 19.7 Å². The van der Waals surface area contributed by atoms with Gasteiger partial charge in [-0.05, 0) is 61.2 Å². The summed E-state index contributed by atoms with van der Waals surface area (Å²) in [6, 6.07) is 9.75. The number of hydrogen-bond acceptors (Lipinski definition) is 5. The Morgan fingerprint density at radius 3 is 2.55 bits per heavy atom. The molecule has 0 bridgehead atoms. The number of allylic oxidation sites excluding steroid dienone is 1. The number of hydrogen-bond donors (Lipinski definition) is 1. The average Bonchev–Trinajstić information content (AvgIpc) is 2.81. The van der Waals surface area contributed by atoms with Crippen LogP contribution in [0.4, 0.5) is 10.1 Å². The largest absolute Gasteiger partial charge is 0.493 e. The molecular weight excluding hydrogens is 399 g/mol.